The van der Waals surface area contributed by atoms with Crippen LogP contribution in [-0.4, -0.2) is 48.1 Å². The van der Waals surface area contributed by atoms with E-state index in [0.29, 0.717) is 0 Å². The fraction of sp³-hybridized carbons (Fsp3) is 0.184. The van der Waals surface area contributed by atoms with Crippen molar-refractivity contribution in [3.63, 3.8) is 0 Å². The van der Waals surface area contributed by atoms with Crippen LogP contribution in [0.1, 0.15) is 90.9 Å². The van der Waals surface area contributed by atoms with Gasteiger partial charge in [0, 0.05) is 35.9 Å². The number of nitrogens with zero attached hydrogens (tertiary/aromatic N) is 7. The summed E-state index contributed by atoms with van der Waals surface area (Å²) in [5.41, 5.74) is 17.4. The van der Waals surface area contributed by atoms with Crippen LogP contribution in [0, 0.1) is 0 Å². The highest BCUT2D eigenvalue weighted by Gasteiger charge is 2.14. The molecule has 0 unspecified atom stereocenters. The molecule has 0 aliphatic rings. The molecule has 0 N–H and O–H groups in total. The Morgan fingerprint density at radius 2 is 0.495 bits per heavy atom. The van der Waals surface area contributed by atoms with E-state index in [1.807, 2.05) is 170 Å². The minimum atomic E-state index is 0.772. The lowest BCUT2D eigenvalue weighted by Gasteiger charge is -2.11. The Morgan fingerprint density at radius 3 is 0.825 bits per heavy atom. The molecule has 0 spiro atoms. The first kappa shape index (κ1) is 67.2. The summed E-state index contributed by atoms with van der Waals surface area (Å²) in [5, 5.41) is 0. The molecule has 7 aromatic heterocycles. The number of rotatable bonds is 27. The smallest absolute Gasteiger partial charge is 0.127 e. The fourth-order valence-electron chi connectivity index (χ4n) is 11.2. The van der Waals surface area contributed by atoms with E-state index < -0.39 is 0 Å². The van der Waals surface area contributed by atoms with Gasteiger partial charge in [0.2, 0.25) is 0 Å². The highest BCUT2D eigenvalue weighted by atomic mass is 16.5. The highest BCUT2D eigenvalue weighted by Crippen LogP contribution is 2.35. The second-order valence-electron chi connectivity index (χ2n) is 23.7. The molecule has 13 aromatic rings. The minimum absolute atomic E-state index is 0.772. The van der Waals surface area contributed by atoms with E-state index in [1.165, 1.54) is 64.2 Å². The van der Waals surface area contributed by atoms with Crippen LogP contribution >= 0.6 is 0 Å². The zero-order valence-electron chi connectivity index (χ0n) is 55.5. The summed E-state index contributed by atoms with van der Waals surface area (Å²) >= 11 is 0. The Kier molecular flexibility index (Phi) is 25.2. The van der Waals surface area contributed by atoms with Gasteiger partial charge in [-0.05, 0) is 180 Å². The van der Waals surface area contributed by atoms with Gasteiger partial charge in [0.25, 0.3) is 0 Å². The van der Waals surface area contributed by atoms with Gasteiger partial charge in [-0.15, -0.1) is 0 Å². The molecular formula is C87H83N7O3. The van der Waals surface area contributed by atoms with Gasteiger partial charge in [0.1, 0.15) is 23.0 Å². The third-order valence-electron chi connectivity index (χ3n) is 16.4. The number of pyridine rings is 7. The molecular weight excluding hydrogens is 1190 g/mol. The van der Waals surface area contributed by atoms with E-state index in [2.05, 4.69) is 143 Å². The van der Waals surface area contributed by atoms with E-state index in [-0.39, 0.29) is 0 Å². The second-order valence-corrected chi connectivity index (χ2v) is 23.7. The first-order valence-electron chi connectivity index (χ1n) is 34.1. The Balaban J connectivity index is 0.000000148. The molecule has 0 fully saturated rings. The molecule has 13 rings (SSSR count). The van der Waals surface area contributed by atoms with Crippen molar-refractivity contribution in [1.29, 1.82) is 0 Å². The van der Waals surface area contributed by atoms with Crippen LogP contribution in [0.5, 0.6) is 23.0 Å². The van der Waals surface area contributed by atoms with Gasteiger partial charge < -0.3 is 14.2 Å². The van der Waals surface area contributed by atoms with Gasteiger partial charge in [-0.2, -0.15) is 0 Å². The summed E-state index contributed by atoms with van der Waals surface area (Å²) < 4.78 is 17.9. The summed E-state index contributed by atoms with van der Waals surface area (Å²) in [6, 6.07) is 91.3. The number of ether oxygens (including phenoxy) is 3. The lowest BCUT2D eigenvalue weighted by Crippen LogP contribution is -1.97. The maximum absolute atomic E-state index is 5.97. The zero-order chi connectivity index (χ0) is 66.3. The van der Waals surface area contributed by atoms with Crippen molar-refractivity contribution in [2.24, 2.45) is 0 Å². The number of hydrogen-bond donors (Lipinski definition) is 0. The molecule has 6 aromatic carbocycles. The van der Waals surface area contributed by atoms with Crippen LogP contribution in [0.15, 0.2) is 298 Å². The van der Waals surface area contributed by atoms with Gasteiger partial charge in [0.05, 0.1) is 70.2 Å². The van der Waals surface area contributed by atoms with Crippen molar-refractivity contribution in [2.75, 3.05) is 13.2 Å². The van der Waals surface area contributed by atoms with Gasteiger partial charge >= 0.3 is 0 Å². The maximum atomic E-state index is 5.97. The van der Waals surface area contributed by atoms with Gasteiger partial charge in [-0.25, -0.2) is 15.0 Å². The van der Waals surface area contributed by atoms with Crippen molar-refractivity contribution in [1.82, 2.24) is 34.9 Å². The van der Waals surface area contributed by atoms with Crippen molar-refractivity contribution >= 4 is 0 Å². The van der Waals surface area contributed by atoms with Crippen LogP contribution in [0.2, 0.25) is 0 Å². The SMILES string of the molecule is CCCCCCCCOc1ccc(-c2cc(-c3ccccc3)nc(-c3ccccn3)c2)cc1.CCCCCCCCOc1ccc(-c2cc(-c3ccccn3)nc(-c3ccccn3)c2)cc1.c1ccc(Oc2ccc(-c3cc(-c4ccccc4)nc(-c4ccccn4)c3)cc2)cc1. The zero-order valence-corrected chi connectivity index (χ0v) is 55.5. The fourth-order valence-corrected chi connectivity index (χ4v) is 11.2. The molecule has 10 nitrogen and oxygen atoms in total. The molecule has 97 heavy (non-hydrogen) atoms. The second kappa shape index (κ2) is 36.4. The topological polar surface area (TPSA) is 118 Å². The van der Waals surface area contributed by atoms with Gasteiger partial charge in [-0.3, -0.25) is 19.9 Å². The Morgan fingerprint density at radius 1 is 0.216 bits per heavy atom. The molecule has 0 aliphatic carbocycles. The average Bonchev–Trinajstić information content (AvgIpc) is 0.870. The average molecular weight is 1270 g/mol. The van der Waals surface area contributed by atoms with Crippen LogP contribution in [0.3, 0.4) is 0 Å². The summed E-state index contributed by atoms with van der Waals surface area (Å²) in [7, 11) is 0. The predicted molar refractivity (Wildman–Crippen MR) is 397 cm³/mol. The first-order valence-corrected chi connectivity index (χ1v) is 34.1. The maximum Gasteiger partial charge on any atom is 0.127 e. The molecule has 0 radical (unpaired) electrons. The summed E-state index contributed by atoms with van der Waals surface area (Å²) in [5.74, 6) is 3.46. The van der Waals surface area contributed by atoms with Crippen molar-refractivity contribution in [3.05, 3.63) is 298 Å². The van der Waals surface area contributed by atoms with E-state index in [9.17, 15) is 0 Å². The molecule has 0 aliphatic heterocycles. The molecule has 0 bridgehead atoms. The lowest BCUT2D eigenvalue weighted by molar-refractivity contribution is 0.304. The molecule has 0 saturated heterocycles. The van der Waals surface area contributed by atoms with E-state index in [1.54, 1.807) is 18.6 Å². The normalized spacial score (nSPS) is 10.7. The Bertz CT molecular complexity index is 4050. The minimum Gasteiger partial charge on any atom is -0.494 e. The van der Waals surface area contributed by atoms with Crippen molar-refractivity contribution < 1.29 is 14.2 Å². The van der Waals surface area contributed by atoms with Crippen LogP contribution in [0.25, 0.3) is 101 Å². The Labute approximate surface area is 572 Å². The molecule has 7 heterocycles. The van der Waals surface area contributed by atoms with Crippen LogP contribution in [-0.2, 0) is 0 Å². The number of para-hydroxylation sites is 1. The number of unbranched alkanes of at least 4 members (excludes halogenated alkanes) is 10. The van der Waals surface area contributed by atoms with Gasteiger partial charge in [-0.1, -0.05) is 218 Å². The summed E-state index contributed by atoms with van der Waals surface area (Å²) in [6.07, 6.45) is 22.4. The Hall–Kier alpha value is -11.2. The standard InChI is InChI=1S/C30H32N2O.C29H31N3O.C28H20N2O/c1-2-3-4-5-6-12-21-33-27-18-16-24(17-19-27)26-22-29(25-13-8-7-9-14-25)32-30(23-26)28-15-10-11-20-31-28;1-2-3-4-5-6-11-20-33-25-16-14-23(15-17-25)24-21-28(26-12-7-9-18-30-26)32-29(22-24)27-13-8-10-19-31-27;1-3-9-22(10-4-1)27-19-23(20-28(30-27)26-13-7-8-18-29-26)21-14-16-25(17-15-21)31-24-11-5-2-6-12-24/h7-11,13-20,22-23H,2-6,12,21H2,1H3;7-10,12-19,21-22H,2-6,11,20H2,1H3;1-20H. The predicted octanol–water partition coefficient (Wildman–Crippen LogP) is 23.1. The number of hydrogen-bond acceptors (Lipinski definition) is 10. The molecule has 10 heteroatoms. The van der Waals surface area contributed by atoms with Crippen molar-refractivity contribution in [3.8, 4) is 124 Å². The third-order valence-corrected chi connectivity index (χ3v) is 16.4. The summed E-state index contributed by atoms with van der Waals surface area (Å²) in [6.45, 7) is 6.05. The van der Waals surface area contributed by atoms with Crippen molar-refractivity contribution in [2.45, 2.75) is 90.9 Å². The molecule has 0 saturated carbocycles. The monoisotopic (exact) mass is 1270 g/mol. The lowest BCUT2D eigenvalue weighted by atomic mass is 10.0. The van der Waals surface area contributed by atoms with E-state index >= 15 is 0 Å². The third kappa shape index (κ3) is 20.4. The van der Waals surface area contributed by atoms with Crippen LogP contribution in [0.4, 0.5) is 0 Å². The molecule has 484 valence electrons. The van der Waals surface area contributed by atoms with Crippen LogP contribution < -0.4 is 14.2 Å². The number of aromatic nitrogens is 7. The molecule has 0 amide bonds. The quantitative estimate of drug-likeness (QED) is 0.0461. The first-order chi connectivity index (χ1) is 48.0. The molecule has 0 atom stereocenters. The highest BCUT2D eigenvalue weighted by molar-refractivity contribution is 5.78. The number of benzene rings is 6. The largest absolute Gasteiger partial charge is 0.494 e. The van der Waals surface area contributed by atoms with Gasteiger partial charge in [0.15, 0.2) is 0 Å². The summed E-state index contributed by atoms with van der Waals surface area (Å²) in [4.78, 5) is 32.6. The van der Waals surface area contributed by atoms with E-state index in [0.717, 1.165) is 151 Å². The van der Waals surface area contributed by atoms with E-state index in [4.69, 9.17) is 29.2 Å².